The highest BCUT2D eigenvalue weighted by Gasteiger charge is 2.18. The van der Waals surface area contributed by atoms with Crippen molar-refractivity contribution in [2.24, 2.45) is 5.92 Å². The Kier molecular flexibility index (Phi) is 8.93. The average molecular weight is 221 g/mol. The number of piperidine rings is 1. The Morgan fingerprint density at radius 2 is 2.06 bits per heavy atom. The third-order valence-corrected chi connectivity index (χ3v) is 2.81. The molecule has 0 radical (unpaired) electrons. The molecule has 0 spiro atoms. The van der Waals surface area contributed by atoms with E-state index in [2.05, 4.69) is 36.8 Å². The first-order valence-electron chi connectivity index (χ1n) is 6.41. The monoisotopic (exact) mass is 221 g/mol. The quantitative estimate of drug-likeness (QED) is 0.650. The average Bonchev–Trinajstić information content (AvgIpc) is 2.33. The molecule has 1 aliphatic rings. The standard InChI is InChI=1S/C13H21N.C2H6/c1-4-6-8-12(5-2)13-9-7-10-14(3)11-13;1-2/h4-6,8,13H,2,7,9-11H2,1,3H3;1-2H3/b6-4-,12-8+;. The summed E-state index contributed by atoms with van der Waals surface area (Å²) in [6.45, 7) is 12.4. The second kappa shape index (κ2) is 9.41. The Labute approximate surface area is 102 Å². The number of allylic oxidation sites excluding steroid dienone is 4. The third-order valence-electron chi connectivity index (χ3n) is 2.81. The number of hydrogen-bond acceptors (Lipinski definition) is 1. The van der Waals surface area contributed by atoms with Crippen LogP contribution in [0.2, 0.25) is 0 Å². The van der Waals surface area contributed by atoms with Gasteiger partial charge in [-0.3, -0.25) is 0 Å². The summed E-state index contributed by atoms with van der Waals surface area (Å²) in [6.07, 6.45) is 11.0. The van der Waals surface area contributed by atoms with Crippen molar-refractivity contribution in [3.05, 3.63) is 36.5 Å². The van der Waals surface area contributed by atoms with Gasteiger partial charge in [0.15, 0.2) is 0 Å². The van der Waals surface area contributed by atoms with Gasteiger partial charge in [0.2, 0.25) is 0 Å². The van der Waals surface area contributed by atoms with Gasteiger partial charge in [-0.15, -0.1) is 0 Å². The molecular formula is C15H27N. The summed E-state index contributed by atoms with van der Waals surface area (Å²) in [5, 5.41) is 0. The third kappa shape index (κ3) is 5.32. The molecule has 1 heterocycles. The molecule has 1 nitrogen and oxygen atoms in total. The molecule has 0 N–H and O–H groups in total. The molecule has 16 heavy (non-hydrogen) atoms. The lowest BCUT2D eigenvalue weighted by Gasteiger charge is -2.30. The van der Waals surface area contributed by atoms with Crippen LogP contribution in [0, 0.1) is 5.92 Å². The van der Waals surface area contributed by atoms with Gasteiger partial charge >= 0.3 is 0 Å². The molecule has 0 aromatic carbocycles. The predicted molar refractivity (Wildman–Crippen MR) is 74.7 cm³/mol. The zero-order chi connectivity index (χ0) is 12.4. The van der Waals surface area contributed by atoms with Crippen LogP contribution in [-0.2, 0) is 0 Å². The predicted octanol–water partition coefficient (Wildman–Crippen LogP) is 4.04. The SMILES string of the molecule is C=C/C(=C\C=C/C)C1CCCN(C)C1.CC. The van der Waals surface area contributed by atoms with Gasteiger partial charge in [0.05, 0.1) is 0 Å². The second-order valence-electron chi connectivity index (χ2n) is 4.00. The Morgan fingerprint density at radius 1 is 1.38 bits per heavy atom. The van der Waals surface area contributed by atoms with Gasteiger partial charge in [0.1, 0.15) is 0 Å². The van der Waals surface area contributed by atoms with Crippen molar-refractivity contribution in [2.45, 2.75) is 33.6 Å². The zero-order valence-corrected chi connectivity index (χ0v) is 11.4. The van der Waals surface area contributed by atoms with Crippen molar-refractivity contribution >= 4 is 0 Å². The first kappa shape index (κ1) is 15.2. The smallest absolute Gasteiger partial charge is 0.00472 e. The minimum atomic E-state index is 0.683. The zero-order valence-electron chi connectivity index (χ0n) is 11.4. The fraction of sp³-hybridized carbons (Fsp3) is 0.600. The van der Waals surface area contributed by atoms with Crippen LogP contribution in [0.5, 0.6) is 0 Å². The number of rotatable bonds is 3. The molecule has 1 aliphatic heterocycles. The largest absolute Gasteiger partial charge is 0.306 e. The molecule has 1 fully saturated rings. The van der Waals surface area contributed by atoms with Crippen molar-refractivity contribution < 1.29 is 0 Å². The highest BCUT2D eigenvalue weighted by atomic mass is 15.1. The van der Waals surface area contributed by atoms with Crippen molar-refractivity contribution in [1.29, 1.82) is 0 Å². The molecule has 0 aromatic rings. The normalized spacial score (nSPS) is 22.8. The van der Waals surface area contributed by atoms with Gasteiger partial charge in [-0.1, -0.05) is 44.7 Å². The lowest BCUT2D eigenvalue weighted by atomic mass is 9.90. The number of nitrogens with zero attached hydrogens (tertiary/aromatic N) is 1. The Bertz CT molecular complexity index is 238. The molecule has 0 aliphatic carbocycles. The van der Waals surface area contributed by atoms with E-state index >= 15 is 0 Å². The summed E-state index contributed by atoms with van der Waals surface area (Å²) in [7, 11) is 2.20. The van der Waals surface area contributed by atoms with Crippen molar-refractivity contribution in [3.63, 3.8) is 0 Å². The molecule has 1 heteroatoms. The first-order chi connectivity index (χ1) is 7.77. The number of likely N-dealkylation sites (tertiary alicyclic amines) is 1. The van der Waals surface area contributed by atoms with E-state index in [0.29, 0.717) is 5.92 Å². The van der Waals surface area contributed by atoms with Crippen molar-refractivity contribution in [2.75, 3.05) is 20.1 Å². The van der Waals surface area contributed by atoms with Crippen LogP contribution in [0.3, 0.4) is 0 Å². The number of hydrogen-bond donors (Lipinski definition) is 0. The van der Waals surface area contributed by atoms with Gasteiger partial charge in [-0.25, -0.2) is 0 Å². The maximum absolute atomic E-state index is 3.89. The van der Waals surface area contributed by atoms with Gasteiger partial charge in [0.25, 0.3) is 0 Å². The molecule has 1 saturated heterocycles. The lowest BCUT2D eigenvalue weighted by Crippen LogP contribution is -2.32. The molecule has 1 atom stereocenters. The van der Waals surface area contributed by atoms with Crippen LogP contribution in [0.4, 0.5) is 0 Å². The van der Waals surface area contributed by atoms with Crippen LogP contribution in [-0.4, -0.2) is 25.0 Å². The molecule has 0 amide bonds. The molecule has 0 aromatic heterocycles. The Hall–Kier alpha value is -0.820. The topological polar surface area (TPSA) is 3.24 Å². The van der Waals surface area contributed by atoms with Gasteiger partial charge in [-0.05, 0) is 44.8 Å². The molecule has 1 unspecified atom stereocenters. The summed E-state index contributed by atoms with van der Waals surface area (Å²) in [6, 6.07) is 0. The highest BCUT2D eigenvalue weighted by Crippen LogP contribution is 2.23. The van der Waals surface area contributed by atoms with E-state index in [-0.39, 0.29) is 0 Å². The van der Waals surface area contributed by atoms with Gasteiger partial charge in [-0.2, -0.15) is 0 Å². The fourth-order valence-electron chi connectivity index (χ4n) is 2.02. The van der Waals surface area contributed by atoms with E-state index in [9.17, 15) is 0 Å². The lowest BCUT2D eigenvalue weighted by molar-refractivity contribution is 0.233. The maximum Gasteiger partial charge on any atom is 0.00472 e. The van der Waals surface area contributed by atoms with Crippen molar-refractivity contribution in [1.82, 2.24) is 4.90 Å². The fourth-order valence-corrected chi connectivity index (χ4v) is 2.02. The molecule has 0 bridgehead atoms. The molecule has 0 saturated carbocycles. The van der Waals surface area contributed by atoms with Gasteiger partial charge < -0.3 is 4.90 Å². The summed E-state index contributed by atoms with van der Waals surface area (Å²) >= 11 is 0. The van der Waals surface area contributed by atoms with Crippen LogP contribution in [0.15, 0.2) is 36.5 Å². The van der Waals surface area contributed by atoms with E-state index in [1.165, 1.54) is 31.5 Å². The van der Waals surface area contributed by atoms with Crippen LogP contribution >= 0.6 is 0 Å². The van der Waals surface area contributed by atoms with Gasteiger partial charge in [0, 0.05) is 6.54 Å². The van der Waals surface area contributed by atoms with E-state index in [1.54, 1.807) is 0 Å². The van der Waals surface area contributed by atoms with E-state index < -0.39 is 0 Å². The van der Waals surface area contributed by atoms with E-state index in [0.717, 1.165) is 0 Å². The Morgan fingerprint density at radius 3 is 2.56 bits per heavy atom. The Balaban J connectivity index is 0.00000106. The molecular weight excluding hydrogens is 194 g/mol. The summed E-state index contributed by atoms with van der Waals surface area (Å²) in [5.74, 6) is 0.683. The minimum Gasteiger partial charge on any atom is -0.306 e. The summed E-state index contributed by atoms with van der Waals surface area (Å²) in [4.78, 5) is 2.40. The van der Waals surface area contributed by atoms with Crippen molar-refractivity contribution in [3.8, 4) is 0 Å². The van der Waals surface area contributed by atoms with E-state index in [4.69, 9.17) is 0 Å². The van der Waals surface area contributed by atoms with E-state index in [1.807, 2.05) is 26.8 Å². The van der Waals surface area contributed by atoms with Crippen LogP contribution in [0.25, 0.3) is 0 Å². The molecule has 92 valence electrons. The van der Waals surface area contributed by atoms with Crippen LogP contribution < -0.4 is 0 Å². The summed E-state index contributed by atoms with van der Waals surface area (Å²) < 4.78 is 0. The highest BCUT2D eigenvalue weighted by molar-refractivity contribution is 5.25. The molecule has 1 rings (SSSR count). The maximum atomic E-state index is 3.89. The summed E-state index contributed by atoms with van der Waals surface area (Å²) in [5.41, 5.74) is 1.38. The first-order valence-corrected chi connectivity index (χ1v) is 6.41. The second-order valence-corrected chi connectivity index (χ2v) is 4.00. The van der Waals surface area contributed by atoms with Crippen LogP contribution in [0.1, 0.15) is 33.6 Å². The minimum absolute atomic E-state index is 0.683.